The van der Waals surface area contributed by atoms with Crippen LogP contribution in [0.25, 0.3) is 0 Å². The molecule has 82 valence electrons. The third-order valence-electron chi connectivity index (χ3n) is 1.71. The van der Waals surface area contributed by atoms with Crippen LogP contribution < -0.4 is 11.5 Å². The molecule has 0 saturated heterocycles. The molecule has 0 saturated carbocycles. The van der Waals surface area contributed by atoms with E-state index < -0.39 is 5.91 Å². The summed E-state index contributed by atoms with van der Waals surface area (Å²) in [5.74, 6) is -0.570. The molecule has 1 amide bonds. The summed E-state index contributed by atoms with van der Waals surface area (Å²) in [6, 6.07) is 1.55. The number of aromatic nitrogens is 3. The van der Waals surface area contributed by atoms with E-state index in [0.717, 1.165) is 4.34 Å². The molecule has 4 N–H and O–H groups in total. The van der Waals surface area contributed by atoms with Gasteiger partial charge in [0.1, 0.15) is 11.4 Å². The number of pyridine rings is 1. The largest absolute Gasteiger partial charge is 0.397 e. The van der Waals surface area contributed by atoms with E-state index in [1.807, 2.05) is 0 Å². The third-order valence-corrected chi connectivity index (χ3v) is 3.36. The molecule has 8 heteroatoms. The number of nitrogens with zero attached hydrogens (tertiary/aromatic N) is 3. The fourth-order valence-corrected chi connectivity index (χ4v) is 2.39. The Hall–Kier alpha value is -1.67. The van der Waals surface area contributed by atoms with Crippen molar-refractivity contribution < 1.29 is 4.79 Å². The van der Waals surface area contributed by atoms with Crippen LogP contribution in [0.1, 0.15) is 10.4 Å². The van der Waals surface area contributed by atoms with E-state index in [0.29, 0.717) is 5.03 Å². The van der Waals surface area contributed by atoms with Gasteiger partial charge in [0, 0.05) is 0 Å². The molecule has 0 aliphatic rings. The summed E-state index contributed by atoms with van der Waals surface area (Å²) in [7, 11) is 0. The monoisotopic (exact) mass is 253 g/mol. The van der Waals surface area contributed by atoms with Crippen LogP contribution in [0.4, 0.5) is 5.69 Å². The predicted molar refractivity (Wildman–Crippen MR) is 61.2 cm³/mol. The van der Waals surface area contributed by atoms with Crippen LogP contribution in [-0.2, 0) is 0 Å². The number of anilines is 1. The van der Waals surface area contributed by atoms with Gasteiger partial charge in [-0.05, 0) is 29.4 Å². The van der Waals surface area contributed by atoms with Crippen molar-refractivity contribution in [2.45, 2.75) is 9.37 Å². The first-order chi connectivity index (χ1) is 7.66. The van der Waals surface area contributed by atoms with Crippen LogP contribution in [0.5, 0.6) is 0 Å². The maximum atomic E-state index is 11.1. The van der Waals surface area contributed by atoms with Gasteiger partial charge in [-0.3, -0.25) is 4.79 Å². The Morgan fingerprint density at radius 3 is 2.88 bits per heavy atom. The van der Waals surface area contributed by atoms with Gasteiger partial charge in [-0.15, -0.1) is 0 Å². The fourth-order valence-electron chi connectivity index (χ4n) is 1.01. The summed E-state index contributed by atoms with van der Waals surface area (Å²) in [5, 5.41) is 0.611. The summed E-state index contributed by atoms with van der Waals surface area (Å²) in [6.45, 7) is 0. The quantitative estimate of drug-likeness (QED) is 0.836. The summed E-state index contributed by atoms with van der Waals surface area (Å²) < 4.78 is 4.60. The van der Waals surface area contributed by atoms with Crippen LogP contribution in [0.2, 0.25) is 0 Å². The molecule has 6 nitrogen and oxygen atoms in total. The number of primary amides is 1. The van der Waals surface area contributed by atoms with Crippen LogP contribution in [0, 0.1) is 0 Å². The highest BCUT2D eigenvalue weighted by molar-refractivity contribution is 8.00. The molecular formula is C8H7N5OS2. The molecule has 0 atom stereocenters. The summed E-state index contributed by atoms with van der Waals surface area (Å²) >= 11 is 2.56. The first-order valence-corrected chi connectivity index (χ1v) is 5.75. The second kappa shape index (κ2) is 4.45. The Balaban J connectivity index is 2.29. The van der Waals surface area contributed by atoms with Crippen molar-refractivity contribution in [2.75, 3.05) is 5.73 Å². The number of carbonyl (C=O) groups excluding carboxylic acids is 1. The highest BCUT2D eigenvalue weighted by atomic mass is 32.2. The van der Waals surface area contributed by atoms with Gasteiger partial charge in [-0.25, -0.2) is 9.97 Å². The molecule has 2 aromatic heterocycles. The number of nitrogen functional groups attached to an aromatic ring is 1. The zero-order valence-electron chi connectivity index (χ0n) is 7.95. The highest BCUT2D eigenvalue weighted by Crippen LogP contribution is 2.27. The Kier molecular flexibility index (Phi) is 3.02. The van der Waals surface area contributed by atoms with Crippen molar-refractivity contribution >= 4 is 34.9 Å². The summed E-state index contributed by atoms with van der Waals surface area (Å²) in [4.78, 5) is 19.1. The normalized spacial score (nSPS) is 10.2. The smallest absolute Gasteiger partial charge is 0.250 e. The van der Waals surface area contributed by atoms with E-state index in [-0.39, 0.29) is 11.3 Å². The number of carbonyl (C=O) groups is 1. The van der Waals surface area contributed by atoms with Crippen LogP contribution >= 0.6 is 23.3 Å². The van der Waals surface area contributed by atoms with Crippen molar-refractivity contribution in [3.8, 4) is 0 Å². The lowest BCUT2D eigenvalue weighted by atomic mass is 10.2. The van der Waals surface area contributed by atoms with E-state index in [1.54, 1.807) is 6.07 Å². The molecule has 2 heterocycles. The highest BCUT2D eigenvalue weighted by Gasteiger charge is 2.09. The van der Waals surface area contributed by atoms with Crippen molar-refractivity contribution in [3.05, 3.63) is 24.2 Å². The van der Waals surface area contributed by atoms with E-state index in [4.69, 9.17) is 11.5 Å². The van der Waals surface area contributed by atoms with Crippen molar-refractivity contribution in [1.82, 2.24) is 14.3 Å². The molecule has 0 unspecified atom stereocenters. The minimum absolute atomic E-state index is 0.266. The van der Waals surface area contributed by atoms with E-state index >= 15 is 0 Å². The molecule has 16 heavy (non-hydrogen) atoms. The van der Waals surface area contributed by atoms with Crippen molar-refractivity contribution in [2.24, 2.45) is 5.73 Å². The molecule has 2 rings (SSSR count). The zero-order valence-corrected chi connectivity index (χ0v) is 9.59. The minimum Gasteiger partial charge on any atom is -0.397 e. The van der Waals surface area contributed by atoms with Gasteiger partial charge in [0.05, 0.1) is 17.4 Å². The maximum absolute atomic E-state index is 11.1. The third kappa shape index (κ3) is 2.28. The van der Waals surface area contributed by atoms with Gasteiger partial charge in [0.15, 0.2) is 4.34 Å². The van der Waals surface area contributed by atoms with E-state index in [9.17, 15) is 4.79 Å². The van der Waals surface area contributed by atoms with Gasteiger partial charge in [0.25, 0.3) is 5.91 Å². The Morgan fingerprint density at radius 1 is 1.44 bits per heavy atom. The second-order valence-corrected chi connectivity index (χ2v) is 4.83. The van der Waals surface area contributed by atoms with Gasteiger partial charge < -0.3 is 11.5 Å². The second-order valence-electron chi connectivity index (χ2n) is 2.78. The van der Waals surface area contributed by atoms with Crippen LogP contribution in [-0.4, -0.2) is 20.2 Å². The van der Waals surface area contributed by atoms with Crippen LogP contribution in [0.15, 0.2) is 28.0 Å². The maximum Gasteiger partial charge on any atom is 0.250 e. The number of amides is 1. The van der Waals surface area contributed by atoms with Gasteiger partial charge in [-0.1, -0.05) is 0 Å². The molecule has 0 aliphatic heterocycles. The molecule has 0 fully saturated rings. The lowest BCUT2D eigenvalue weighted by molar-refractivity contribution is 0.100. The SMILES string of the molecule is NC(=O)c1cc(Sc2ncns2)ncc1N. The van der Waals surface area contributed by atoms with Crippen molar-refractivity contribution in [1.29, 1.82) is 0 Å². The molecule has 0 aliphatic carbocycles. The predicted octanol–water partition coefficient (Wildman–Crippen LogP) is 0.765. The minimum atomic E-state index is -0.570. The Bertz CT molecular complexity index is 513. The molecule has 0 bridgehead atoms. The first kappa shape index (κ1) is 10.8. The van der Waals surface area contributed by atoms with E-state index in [2.05, 4.69) is 14.3 Å². The van der Waals surface area contributed by atoms with E-state index in [1.165, 1.54) is 35.8 Å². The topological polar surface area (TPSA) is 108 Å². The number of hydrogen-bond donors (Lipinski definition) is 2. The number of nitrogens with two attached hydrogens (primary N) is 2. The zero-order chi connectivity index (χ0) is 11.5. The van der Waals surface area contributed by atoms with Gasteiger partial charge in [-0.2, -0.15) is 4.37 Å². The Labute approximate surface area is 99.3 Å². The number of hydrogen-bond acceptors (Lipinski definition) is 7. The van der Waals surface area contributed by atoms with Crippen LogP contribution in [0.3, 0.4) is 0 Å². The lowest BCUT2D eigenvalue weighted by Crippen LogP contribution is -2.13. The molecular weight excluding hydrogens is 246 g/mol. The lowest BCUT2D eigenvalue weighted by Gasteiger charge is -2.02. The van der Waals surface area contributed by atoms with Gasteiger partial charge in [0.2, 0.25) is 0 Å². The molecule has 2 aromatic rings. The fraction of sp³-hybridized carbons (Fsp3) is 0. The van der Waals surface area contributed by atoms with Gasteiger partial charge >= 0.3 is 0 Å². The standard InChI is InChI=1S/C8H7N5OS2/c9-5-2-11-6(1-4(5)7(10)14)15-8-12-3-13-16-8/h1-3H,9H2,(H2,10,14). The number of rotatable bonds is 3. The Morgan fingerprint density at radius 2 is 2.25 bits per heavy atom. The average molecular weight is 253 g/mol. The summed E-state index contributed by atoms with van der Waals surface area (Å²) in [5.41, 5.74) is 11.3. The average Bonchev–Trinajstić information content (AvgIpc) is 2.73. The summed E-state index contributed by atoms with van der Waals surface area (Å²) in [6.07, 6.45) is 2.86. The molecule has 0 spiro atoms. The molecule has 0 aromatic carbocycles. The first-order valence-electron chi connectivity index (χ1n) is 4.16. The molecule has 0 radical (unpaired) electrons. The van der Waals surface area contributed by atoms with Crippen molar-refractivity contribution in [3.63, 3.8) is 0 Å².